The number of rotatable bonds is 5. The summed E-state index contributed by atoms with van der Waals surface area (Å²) in [7, 11) is 1.62. The molecule has 2 heterocycles. The summed E-state index contributed by atoms with van der Waals surface area (Å²) in [5, 5.41) is 11.3. The van der Waals surface area contributed by atoms with Crippen LogP contribution in [0.2, 0.25) is 0 Å². The van der Waals surface area contributed by atoms with Crippen molar-refractivity contribution >= 4 is 28.6 Å². The fourth-order valence-corrected chi connectivity index (χ4v) is 3.72. The maximum Gasteiger partial charge on any atom is 0.325 e. The van der Waals surface area contributed by atoms with Crippen LogP contribution in [0.5, 0.6) is 0 Å². The van der Waals surface area contributed by atoms with Gasteiger partial charge < -0.3 is 10.1 Å². The molecule has 0 saturated carbocycles. The largest absolute Gasteiger partial charge is 0.456 e. The van der Waals surface area contributed by atoms with Gasteiger partial charge in [0.1, 0.15) is 6.54 Å². The second-order valence-electron chi connectivity index (χ2n) is 9.31. The van der Waals surface area contributed by atoms with Crippen LogP contribution in [-0.4, -0.2) is 37.6 Å². The van der Waals surface area contributed by atoms with Gasteiger partial charge in [-0.1, -0.05) is 44.5 Å². The quantitative estimate of drug-likeness (QED) is 0.458. The summed E-state index contributed by atoms with van der Waals surface area (Å²) in [6.07, 6.45) is 0. The summed E-state index contributed by atoms with van der Waals surface area (Å²) in [5.41, 5.74) is 2.97. The average Bonchev–Trinajstić information content (AvgIpc) is 3.23. The van der Waals surface area contributed by atoms with Crippen LogP contribution in [0.1, 0.15) is 48.1 Å². The lowest BCUT2D eigenvalue weighted by molar-refractivity contribution is -0.143. The van der Waals surface area contributed by atoms with Crippen LogP contribution in [-0.2, 0) is 28.6 Å². The van der Waals surface area contributed by atoms with Gasteiger partial charge in [0.25, 0.3) is 11.5 Å². The highest BCUT2D eigenvalue weighted by Crippen LogP contribution is 2.22. The third-order valence-corrected chi connectivity index (χ3v) is 5.71. The van der Waals surface area contributed by atoms with E-state index in [9.17, 15) is 14.4 Å². The van der Waals surface area contributed by atoms with E-state index in [0.29, 0.717) is 28.1 Å². The van der Waals surface area contributed by atoms with Gasteiger partial charge >= 0.3 is 5.97 Å². The van der Waals surface area contributed by atoms with Crippen molar-refractivity contribution in [3.63, 3.8) is 0 Å². The Labute approximate surface area is 196 Å². The van der Waals surface area contributed by atoms with Gasteiger partial charge in [0.05, 0.1) is 10.9 Å². The topological polar surface area (TPSA) is 108 Å². The van der Waals surface area contributed by atoms with Crippen LogP contribution in [0.4, 0.5) is 0 Å². The number of amides is 1. The number of hydrogen-bond donors (Lipinski definition) is 1. The van der Waals surface area contributed by atoms with Gasteiger partial charge in [0, 0.05) is 12.6 Å². The van der Waals surface area contributed by atoms with Crippen LogP contribution >= 0.6 is 0 Å². The molecule has 0 unspecified atom stereocenters. The Hall–Kier alpha value is -4.01. The second-order valence-corrected chi connectivity index (χ2v) is 9.31. The van der Waals surface area contributed by atoms with Crippen molar-refractivity contribution in [1.82, 2.24) is 24.5 Å². The van der Waals surface area contributed by atoms with E-state index in [1.807, 2.05) is 31.2 Å². The van der Waals surface area contributed by atoms with Crippen molar-refractivity contribution < 1.29 is 14.3 Å². The zero-order valence-corrected chi connectivity index (χ0v) is 19.9. The number of hydrogen-bond acceptors (Lipinski definition) is 6. The molecule has 0 aliphatic rings. The molecule has 9 nitrogen and oxygen atoms in total. The molecule has 0 aliphatic carbocycles. The summed E-state index contributed by atoms with van der Waals surface area (Å²) in [6, 6.07) is 12.8. The van der Waals surface area contributed by atoms with E-state index in [2.05, 4.69) is 36.3 Å². The van der Waals surface area contributed by atoms with E-state index in [4.69, 9.17) is 4.74 Å². The molecule has 0 spiro atoms. The molecule has 4 rings (SSSR count). The maximum absolute atomic E-state index is 12.7. The van der Waals surface area contributed by atoms with Crippen LogP contribution in [0.3, 0.4) is 0 Å². The standard InChI is InChI=1S/C25H27N5O4/c1-15-6-11-19-18(12-15)23(33)29(5)24-28-27-20(30(19)24)14-34-21(31)13-26-22(32)16-7-9-17(10-8-16)25(2,3)4/h6-12H,13-14H2,1-5H3,(H,26,32). The van der Waals surface area contributed by atoms with Crippen LogP contribution < -0.4 is 10.9 Å². The molecule has 0 fully saturated rings. The molecular weight excluding hydrogens is 434 g/mol. The molecule has 176 valence electrons. The molecule has 0 atom stereocenters. The SMILES string of the molecule is Cc1ccc2c(c1)c(=O)n(C)c1nnc(COC(=O)CNC(=O)c3ccc(C(C)(C)C)cc3)n21. The zero-order chi connectivity index (χ0) is 24.6. The molecule has 1 amide bonds. The van der Waals surface area contributed by atoms with E-state index < -0.39 is 5.97 Å². The van der Waals surface area contributed by atoms with Crippen LogP contribution in [0.15, 0.2) is 47.3 Å². The minimum absolute atomic E-state index is 0.0128. The first-order chi connectivity index (χ1) is 16.1. The Bertz CT molecular complexity index is 1460. The minimum Gasteiger partial charge on any atom is -0.456 e. The van der Waals surface area contributed by atoms with E-state index >= 15 is 0 Å². The number of aromatic nitrogens is 4. The molecule has 2 aromatic carbocycles. The number of ether oxygens (including phenoxy) is 1. The van der Waals surface area contributed by atoms with Crippen LogP contribution in [0, 0.1) is 6.92 Å². The lowest BCUT2D eigenvalue weighted by Gasteiger charge is -2.19. The summed E-state index contributed by atoms with van der Waals surface area (Å²) in [5.74, 6) is -0.251. The van der Waals surface area contributed by atoms with Gasteiger partial charge in [0.2, 0.25) is 5.78 Å². The van der Waals surface area contributed by atoms with Gasteiger partial charge in [-0.15, -0.1) is 10.2 Å². The summed E-state index contributed by atoms with van der Waals surface area (Å²) in [6.45, 7) is 7.76. The van der Waals surface area contributed by atoms with E-state index in [1.54, 1.807) is 29.6 Å². The Balaban J connectivity index is 1.44. The molecule has 0 aliphatic heterocycles. The number of fused-ring (bicyclic) bond motifs is 3. The number of carbonyl (C=O) groups is 2. The van der Waals surface area contributed by atoms with Gasteiger partial charge in [0.15, 0.2) is 12.4 Å². The molecule has 9 heteroatoms. The highest BCUT2D eigenvalue weighted by Gasteiger charge is 2.17. The molecule has 1 N–H and O–H groups in total. The predicted octanol–water partition coefficient (Wildman–Crippen LogP) is 2.66. The van der Waals surface area contributed by atoms with E-state index in [-0.39, 0.29) is 30.0 Å². The van der Waals surface area contributed by atoms with Crippen molar-refractivity contribution in [1.29, 1.82) is 0 Å². The van der Waals surface area contributed by atoms with Crippen molar-refractivity contribution in [3.8, 4) is 0 Å². The van der Waals surface area contributed by atoms with E-state index in [0.717, 1.165) is 11.1 Å². The van der Waals surface area contributed by atoms with Gasteiger partial charge in [-0.3, -0.25) is 23.4 Å². The highest BCUT2D eigenvalue weighted by molar-refractivity contribution is 5.96. The van der Waals surface area contributed by atoms with Crippen molar-refractivity contribution in [3.05, 3.63) is 75.3 Å². The number of esters is 1. The molecule has 34 heavy (non-hydrogen) atoms. The zero-order valence-electron chi connectivity index (χ0n) is 19.9. The number of carbonyl (C=O) groups excluding carboxylic acids is 2. The van der Waals surface area contributed by atoms with E-state index in [1.165, 1.54) is 4.57 Å². The number of nitrogens with zero attached hydrogens (tertiary/aromatic N) is 4. The Morgan fingerprint density at radius 3 is 2.44 bits per heavy atom. The lowest BCUT2D eigenvalue weighted by Crippen LogP contribution is -2.30. The number of nitrogens with one attached hydrogen (secondary N) is 1. The molecular formula is C25H27N5O4. The molecule has 0 bridgehead atoms. The normalized spacial score (nSPS) is 11.7. The predicted molar refractivity (Wildman–Crippen MR) is 128 cm³/mol. The molecule has 0 saturated heterocycles. The van der Waals surface area contributed by atoms with Crippen molar-refractivity contribution in [2.24, 2.45) is 7.05 Å². The molecule has 4 aromatic rings. The van der Waals surface area contributed by atoms with Gasteiger partial charge in [-0.05, 0) is 42.2 Å². The summed E-state index contributed by atoms with van der Waals surface area (Å²) >= 11 is 0. The third-order valence-electron chi connectivity index (χ3n) is 5.71. The Morgan fingerprint density at radius 1 is 1.06 bits per heavy atom. The monoisotopic (exact) mass is 461 g/mol. The average molecular weight is 462 g/mol. The smallest absolute Gasteiger partial charge is 0.325 e. The highest BCUT2D eigenvalue weighted by atomic mass is 16.5. The maximum atomic E-state index is 12.7. The number of benzene rings is 2. The minimum atomic E-state index is -0.610. The first-order valence-corrected chi connectivity index (χ1v) is 10.9. The van der Waals surface area contributed by atoms with Crippen molar-refractivity contribution in [2.45, 2.75) is 39.7 Å². The molecule has 2 aromatic heterocycles. The first kappa shape index (κ1) is 23.2. The second kappa shape index (κ2) is 8.74. The lowest BCUT2D eigenvalue weighted by atomic mass is 9.87. The van der Waals surface area contributed by atoms with Crippen LogP contribution in [0.25, 0.3) is 16.7 Å². The first-order valence-electron chi connectivity index (χ1n) is 10.9. The van der Waals surface area contributed by atoms with Crippen molar-refractivity contribution in [2.75, 3.05) is 6.54 Å². The Morgan fingerprint density at radius 2 is 1.76 bits per heavy atom. The summed E-state index contributed by atoms with van der Waals surface area (Å²) in [4.78, 5) is 37.3. The third kappa shape index (κ3) is 4.41. The summed E-state index contributed by atoms with van der Waals surface area (Å²) < 4.78 is 8.42. The Kier molecular flexibility index (Phi) is 5.95. The fraction of sp³-hybridized carbons (Fsp3) is 0.320. The number of aryl methyl sites for hydroxylation is 2. The fourth-order valence-electron chi connectivity index (χ4n) is 3.72. The molecule has 0 radical (unpaired) electrons. The van der Waals surface area contributed by atoms with Gasteiger partial charge in [-0.2, -0.15) is 0 Å². The van der Waals surface area contributed by atoms with Gasteiger partial charge in [-0.25, -0.2) is 0 Å².